The van der Waals surface area contributed by atoms with E-state index in [0.717, 1.165) is 0 Å². The highest BCUT2D eigenvalue weighted by Gasteiger charge is 2.41. The maximum Gasteiger partial charge on any atom is 0.340 e. The molecule has 29 heavy (non-hydrogen) atoms. The topological polar surface area (TPSA) is 52.6 Å². The van der Waals surface area contributed by atoms with Crippen LogP contribution in [0, 0.1) is 0 Å². The van der Waals surface area contributed by atoms with Crippen molar-refractivity contribution in [2.75, 3.05) is 12.4 Å². The fraction of sp³-hybridized carbons (Fsp3) is 0.263. The summed E-state index contributed by atoms with van der Waals surface area (Å²) < 4.78 is 24.9. The third-order valence-electron chi connectivity index (χ3n) is 4.12. The molecular weight excluding hydrogens is 485 g/mol. The standard InChI is InChI=1S/C19H13Cl4FO4S/c20-9-1-3-11(13(22)5-9)18(25)27-7-16-17(15(24)8-29-16)28-19(26)12-4-2-10(21)6-14(12)23/h1-6,15-17H,7-8H2/t15-,16-,17+/m1/s1. The predicted molar refractivity (Wildman–Crippen MR) is 114 cm³/mol. The van der Waals surface area contributed by atoms with E-state index >= 15 is 0 Å². The Morgan fingerprint density at radius 2 is 1.52 bits per heavy atom. The van der Waals surface area contributed by atoms with Crippen LogP contribution in [-0.2, 0) is 9.47 Å². The van der Waals surface area contributed by atoms with Crippen molar-refractivity contribution in [2.45, 2.75) is 17.5 Å². The number of rotatable bonds is 5. The lowest BCUT2D eigenvalue weighted by molar-refractivity contribution is 0.00478. The van der Waals surface area contributed by atoms with E-state index in [0.29, 0.717) is 10.0 Å². The van der Waals surface area contributed by atoms with Gasteiger partial charge in [-0.3, -0.25) is 0 Å². The van der Waals surface area contributed by atoms with Gasteiger partial charge >= 0.3 is 11.9 Å². The maximum absolute atomic E-state index is 14.3. The van der Waals surface area contributed by atoms with Crippen molar-refractivity contribution >= 4 is 70.1 Å². The summed E-state index contributed by atoms with van der Waals surface area (Å²) in [5, 5.41) is 0.410. The molecule has 154 valence electrons. The quantitative estimate of drug-likeness (QED) is 0.464. The molecule has 1 fully saturated rings. The molecule has 0 aromatic heterocycles. The predicted octanol–water partition coefficient (Wildman–Crippen LogP) is 6.14. The van der Waals surface area contributed by atoms with Gasteiger partial charge in [0.1, 0.15) is 18.9 Å². The molecule has 0 N–H and O–H groups in total. The Morgan fingerprint density at radius 3 is 2.07 bits per heavy atom. The molecule has 1 saturated heterocycles. The fourth-order valence-electron chi connectivity index (χ4n) is 2.66. The van der Waals surface area contributed by atoms with Crippen molar-refractivity contribution in [1.29, 1.82) is 0 Å². The van der Waals surface area contributed by atoms with E-state index in [1.807, 2.05) is 0 Å². The number of hydrogen-bond donors (Lipinski definition) is 0. The molecule has 2 aromatic rings. The lowest BCUT2D eigenvalue weighted by Crippen LogP contribution is -2.35. The number of thioether (sulfide) groups is 1. The summed E-state index contributed by atoms with van der Waals surface area (Å²) in [6, 6.07) is 8.64. The summed E-state index contributed by atoms with van der Waals surface area (Å²) in [6.07, 6.45) is -2.49. The number of carbonyl (C=O) groups excluding carboxylic acids is 2. The molecule has 0 aliphatic carbocycles. The highest BCUT2D eigenvalue weighted by Crippen LogP contribution is 2.33. The number of alkyl halides is 1. The summed E-state index contributed by atoms with van der Waals surface area (Å²) in [4.78, 5) is 24.6. The van der Waals surface area contributed by atoms with E-state index in [4.69, 9.17) is 55.9 Å². The summed E-state index contributed by atoms with van der Waals surface area (Å²) in [7, 11) is 0. The van der Waals surface area contributed by atoms with Gasteiger partial charge in [0, 0.05) is 15.8 Å². The Morgan fingerprint density at radius 1 is 0.966 bits per heavy atom. The maximum atomic E-state index is 14.3. The van der Waals surface area contributed by atoms with Crippen LogP contribution in [0.25, 0.3) is 0 Å². The van der Waals surface area contributed by atoms with E-state index in [9.17, 15) is 14.0 Å². The smallest absolute Gasteiger partial charge is 0.340 e. The zero-order valence-electron chi connectivity index (χ0n) is 14.5. The minimum atomic E-state index is -1.40. The summed E-state index contributed by atoms with van der Waals surface area (Å²) in [6.45, 7) is -0.158. The molecule has 0 bridgehead atoms. The van der Waals surface area contributed by atoms with Gasteiger partial charge < -0.3 is 9.47 Å². The van der Waals surface area contributed by atoms with Gasteiger partial charge in [0.15, 0.2) is 0 Å². The van der Waals surface area contributed by atoms with E-state index < -0.39 is 29.5 Å². The average molecular weight is 498 g/mol. The van der Waals surface area contributed by atoms with Crippen LogP contribution in [-0.4, -0.2) is 41.8 Å². The van der Waals surface area contributed by atoms with Gasteiger partial charge in [0.05, 0.1) is 26.4 Å². The number of ether oxygens (including phenoxy) is 2. The number of halogens is 5. The highest BCUT2D eigenvalue weighted by molar-refractivity contribution is 8.00. The van der Waals surface area contributed by atoms with Gasteiger partial charge in [-0.2, -0.15) is 0 Å². The normalized spacial score (nSPS) is 21.1. The average Bonchev–Trinajstić information content (AvgIpc) is 2.99. The minimum Gasteiger partial charge on any atom is -0.461 e. The zero-order chi connectivity index (χ0) is 21.1. The van der Waals surface area contributed by atoms with E-state index in [-0.39, 0.29) is 33.5 Å². The molecule has 3 atom stereocenters. The van der Waals surface area contributed by atoms with Crippen molar-refractivity contribution in [1.82, 2.24) is 0 Å². The first-order chi connectivity index (χ1) is 13.8. The molecule has 1 aliphatic rings. The minimum absolute atomic E-state index is 0.0730. The molecular formula is C19H13Cl4FO4S. The SMILES string of the molecule is O=C(OC[C@H]1SC[C@@H](F)[C@@H]1OC(=O)c1ccc(Cl)cc1Cl)c1ccc(Cl)cc1Cl. The second-order valence-corrected chi connectivity index (χ2v) is 9.06. The first-order valence-electron chi connectivity index (χ1n) is 8.30. The van der Waals surface area contributed by atoms with Crippen LogP contribution in [0.3, 0.4) is 0 Å². The van der Waals surface area contributed by atoms with E-state index in [1.165, 1.54) is 48.2 Å². The van der Waals surface area contributed by atoms with Crippen LogP contribution in [0.4, 0.5) is 4.39 Å². The third-order valence-corrected chi connectivity index (χ3v) is 6.56. The van der Waals surface area contributed by atoms with Crippen LogP contribution >= 0.6 is 58.2 Å². The Balaban J connectivity index is 1.64. The Labute approximate surface area is 190 Å². The molecule has 1 aliphatic heterocycles. The van der Waals surface area contributed by atoms with Gasteiger partial charge in [-0.1, -0.05) is 46.4 Å². The van der Waals surface area contributed by atoms with Gasteiger partial charge in [0.2, 0.25) is 0 Å². The monoisotopic (exact) mass is 496 g/mol. The number of benzene rings is 2. The number of esters is 2. The Hall–Kier alpha value is -1.18. The van der Waals surface area contributed by atoms with Crippen LogP contribution < -0.4 is 0 Å². The third kappa shape index (κ3) is 5.50. The second kappa shape index (κ2) is 9.75. The molecule has 10 heteroatoms. The van der Waals surface area contributed by atoms with Gasteiger partial charge in [-0.15, -0.1) is 11.8 Å². The number of hydrogen-bond acceptors (Lipinski definition) is 5. The first-order valence-corrected chi connectivity index (χ1v) is 10.9. The van der Waals surface area contributed by atoms with Crippen molar-refractivity contribution in [3.8, 4) is 0 Å². The molecule has 2 aromatic carbocycles. The molecule has 0 radical (unpaired) electrons. The molecule has 0 amide bonds. The highest BCUT2D eigenvalue weighted by atomic mass is 35.5. The van der Waals surface area contributed by atoms with E-state index in [2.05, 4.69) is 0 Å². The zero-order valence-corrected chi connectivity index (χ0v) is 18.4. The largest absolute Gasteiger partial charge is 0.461 e. The van der Waals surface area contributed by atoms with Crippen LogP contribution in [0.5, 0.6) is 0 Å². The summed E-state index contributed by atoms with van der Waals surface area (Å²) in [5.74, 6) is -1.35. The lowest BCUT2D eigenvalue weighted by atomic mass is 10.1. The molecule has 3 rings (SSSR count). The van der Waals surface area contributed by atoms with Gasteiger partial charge in [0.25, 0.3) is 0 Å². The van der Waals surface area contributed by atoms with Crippen molar-refractivity contribution < 1.29 is 23.5 Å². The molecule has 0 saturated carbocycles. The second-order valence-electron chi connectivity index (χ2n) is 6.10. The van der Waals surface area contributed by atoms with E-state index in [1.54, 1.807) is 0 Å². The fourth-order valence-corrected chi connectivity index (χ4v) is 4.84. The molecule has 0 spiro atoms. The Bertz CT molecular complexity index is 942. The van der Waals surface area contributed by atoms with Crippen LogP contribution in [0.15, 0.2) is 36.4 Å². The van der Waals surface area contributed by atoms with Crippen molar-refractivity contribution in [3.05, 3.63) is 67.6 Å². The van der Waals surface area contributed by atoms with Crippen molar-refractivity contribution in [3.63, 3.8) is 0 Å². The summed E-state index contributed by atoms with van der Waals surface area (Å²) in [5.41, 5.74) is 0.209. The molecule has 4 nitrogen and oxygen atoms in total. The lowest BCUT2D eigenvalue weighted by Gasteiger charge is -2.21. The van der Waals surface area contributed by atoms with Gasteiger partial charge in [-0.05, 0) is 36.4 Å². The Kier molecular flexibility index (Phi) is 7.57. The van der Waals surface area contributed by atoms with Crippen LogP contribution in [0.1, 0.15) is 20.7 Å². The summed E-state index contributed by atoms with van der Waals surface area (Å²) >= 11 is 24.8. The van der Waals surface area contributed by atoms with Gasteiger partial charge in [-0.25, -0.2) is 14.0 Å². The molecule has 0 unspecified atom stereocenters. The van der Waals surface area contributed by atoms with Crippen molar-refractivity contribution in [2.24, 2.45) is 0 Å². The number of carbonyl (C=O) groups is 2. The van der Waals surface area contributed by atoms with Crippen LogP contribution in [0.2, 0.25) is 20.1 Å². The molecule has 1 heterocycles. The first kappa shape index (κ1) is 22.5.